The molecule has 0 saturated heterocycles. The van der Waals surface area contributed by atoms with Gasteiger partial charge in [-0.15, -0.1) is 13.2 Å². The lowest BCUT2D eigenvalue weighted by Gasteiger charge is -2.10. The van der Waals surface area contributed by atoms with E-state index in [1.807, 2.05) is 0 Å². The van der Waals surface area contributed by atoms with Gasteiger partial charge < -0.3 is 10.1 Å². The third-order valence-electron chi connectivity index (χ3n) is 3.14. The number of rotatable bonds is 7. The topological polar surface area (TPSA) is 84.5 Å². The Kier molecular flexibility index (Phi) is 6.68. The number of alkyl halides is 3. The van der Waals surface area contributed by atoms with Crippen LogP contribution in [0.25, 0.3) is 0 Å². The van der Waals surface area contributed by atoms with Gasteiger partial charge in [-0.25, -0.2) is 13.1 Å². The van der Waals surface area contributed by atoms with E-state index in [0.717, 1.165) is 12.1 Å². The molecule has 2 aromatic carbocycles. The van der Waals surface area contributed by atoms with Crippen LogP contribution >= 0.6 is 11.6 Å². The minimum Gasteiger partial charge on any atom is -0.406 e. The zero-order valence-electron chi connectivity index (χ0n) is 13.6. The number of ether oxygens (including phenoxy) is 1. The Labute approximate surface area is 158 Å². The second kappa shape index (κ2) is 8.59. The van der Waals surface area contributed by atoms with Gasteiger partial charge in [-0.2, -0.15) is 0 Å². The van der Waals surface area contributed by atoms with Crippen LogP contribution in [0.1, 0.15) is 6.42 Å². The SMILES string of the molecule is O=C(CCNS(=O)(=O)c1ccccc1Cl)Nc1ccc(OC(F)(F)F)cc1. The molecular formula is C16H14ClF3N2O4S. The number of amides is 1. The van der Waals surface area contributed by atoms with Gasteiger partial charge in [-0.05, 0) is 36.4 Å². The summed E-state index contributed by atoms with van der Waals surface area (Å²) in [5, 5.41) is 2.48. The Hall–Kier alpha value is -2.30. The zero-order valence-corrected chi connectivity index (χ0v) is 15.2. The highest BCUT2D eigenvalue weighted by molar-refractivity contribution is 7.89. The van der Waals surface area contributed by atoms with Crippen molar-refractivity contribution in [3.63, 3.8) is 0 Å². The molecule has 0 aromatic heterocycles. The third kappa shape index (κ3) is 6.74. The van der Waals surface area contributed by atoms with Crippen LogP contribution in [-0.2, 0) is 14.8 Å². The Morgan fingerprint density at radius 1 is 1.07 bits per heavy atom. The summed E-state index contributed by atoms with van der Waals surface area (Å²) in [4.78, 5) is 11.7. The van der Waals surface area contributed by atoms with Crippen molar-refractivity contribution in [3.8, 4) is 5.75 Å². The quantitative estimate of drug-likeness (QED) is 0.714. The predicted octanol–water partition coefficient (Wildman–Crippen LogP) is 3.55. The number of sulfonamides is 1. The molecule has 0 atom stereocenters. The van der Waals surface area contributed by atoms with Gasteiger partial charge in [0.2, 0.25) is 15.9 Å². The van der Waals surface area contributed by atoms with Crippen molar-refractivity contribution in [1.29, 1.82) is 0 Å². The number of hydrogen-bond acceptors (Lipinski definition) is 4. The summed E-state index contributed by atoms with van der Waals surface area (Å²) >= 11 is 5.83. The van der Waals surface area contributed by atoms with Crippen molar-refractivity contribution < 1.29 is 31.1 Å². The highest BCUT2D eigenvalue weighted by atomic mass is 35.5. The Balaban J connectivity index is 1.85. The Bertz CT molecular complexity index is 903. The predicted molar refractivity (Wildman–Crippen MR) is 93.0 cm³/mol. The monoisotopic (exact) mass is 422 g/mol. The molecule has 2 rings (SSSR count). The number of hydrogen-bond donors (Lipinski definition) is 2. The molecule has 0 aliphatic heterocycles. The molecule has 0 unspecified atom stereocenters. The first-order valence-corrected chi connectivity index (χ1v) is 9.33. The van der Waals surface area contributed by atoms with Crippen LogP contribution in [-0.4, -0.2) is 27.2 Å². The first-order valence-electron chi connectivity index (χ1n) is 7.47. The van der Waals surface area contributed by atoms with Crippen LogP contribution in [0.15, 0.2) is 53.4 Å². The van der Waals surface area contributed by atoms with E-state index < -0.39 is 28.0 Å². The lowest BCUT2D eigenvalue weighted by molar-refractivity contribution is -0.274. The summed E-state index contributed by atoms with van der Waals surface area (Å²) in [5.74, 6) is -0.950. The summed E-state index contributed by atoms with van der Waals surface area (Å²) in [6.07, 6.45) is -4.99. The molecule has 0 bridgehead atoms. The van der Waals surface area contributed by atoms with Gasteiger partial charge in [0, 0.05) is 18.7 Å². The minimum absolute atomic E-state index is 0.0515. The minimum atomic E-state index is -4.80. The molecule has 0 spiro atoms. The number of carbonyl (C=O) groups is 1. The first-order chi connectivity index (χ1) is 12.6. The second-order valence-corrected chi connectivity index (χ2v) is 7.34. The molecule has 2 aromatic rings. The molecular weight excluding hydrogens is 409 g/mol. The standard InChI is InChI=1S/C16H14ClF3N2O4S/c17-13-3-1-2-4-14(13)27(24,25)21-10-9-15(23)22-11-5-7-12(8-6-11)26-16(18,19)20/h1-8,21H,9-10H2,(H,22,23). The van der Waals surface area contributed by atoms with Gasteiger partial charge in [0.15, 0.2) is 0 Å². The molecule has 0 fully saturated rings. The van der Waals surface area contributed by atoms with Crippen LogP contribution in [0, 0.1) is 0 Å². The summed E-state index contributed by atoms with van der Waals surface area (Å²) in [7, 11) is -3.87. The van der Waals surface area contributed by atoms with Crippen LogP contribution in [0.5, 0.6) is 5.75 Å². The maximum Gasteiger partial charge on any atom is 0.573 e. The van der Waals surface area contributed by atoms with Crippen LogP contribution < -0.4 is 14.8 Å². The van der Waals surface area contributed by atoms with Crippen molar-refractivity contribution in [2.75, 3.05) is 11.9 Å². The second-order valence-electron chi connectivity index (χ2n) is 5.20. The van der Waals surface area contributed by atoms with Gasteiger partial charge in [0.25, 0.3) is 0 Å². The number of halogens is 4. The maximum atomic E-state index is 12.1. The largest absolute Gasteiger partial charge is 0.573 e. The number of benzene rings is 2. The third-order valence-corrected chi connectivity index (χ3v) is 5.10. The van der Waals surface area contributed by atoms with E-state index in [1.165, 1.54) is 30.3 Å². The lowest BCUT2D eigenvalue weighted by Crippen LogP contribution is -2.28. The fourth-order valence-electron chi connectivity index (χ4n) is 2.00. The molecule has 0 aliphatic carbocycles. The normalized spacial score (nSPS) is 11.9. The van der Waals surface area contributed by atoms with E-state index in [-0.39, 0.29) is 28.6 Å². The molecule has 6 nitrogen and oxygen atoms in total. The Morgan fingerprint density at radius 2 is 1.70 bits per heavy atom. The fourth-order valence-corrected chi connectivity index (χ4v) is 3.55. The average Bonchev–Trinajstić information content (AvgIpc) is 2.55. The molecule has 0 saturated carbocycles. The smallest absolute Gasteiger partial charge is 0.406 e. The highest BCUT2D eigenvalue weighted by Gasteiger charge is 2.30. The molecule has 2 N–H and O–H groups in total. The van der Waals surface area contributed by atoms with Crippen molar-refractivity contribution in [1.82, 2.24) is 4.72 Å². The van der Waals surface area contributed by atoms with Crippen molar-refractivity contribution in [2.45, 2.75) is 17.7 Å². The Morgan fingerprint density at radius 3 is 2.30 bits per heavy atom. The summed E-state index contributed by atoms with van der Waals surface area (Å²) in [6.45, 7) is -0.186. The van der Waals surface area contributed by atoms with Crippen LogP contribution in [0.4, 0.5) is 18.9 Å². The zero-order chi connectivity index (χ0) is 20.1. The van der Waals surface area contributed by atoms with Gasteiger partial charge in [-0.1, -0.05) is 23.7 Å². The van der Waals surface area contributed by atoms with Crippen molar-refractivity contribution >= 4 is 33.2 Å². The van der Waals surface area contributed by atoms with E-state index in [2.05, 4.69) is 14.8 Å². The van der Waals surface area contributed by atoms with E-state index in [4.69, 9.17) is 11.6 Å². The van der Waals surface area contributed by atoms with E-state index in [0.29, 0.717) is 0 Å². The van der Waals surface area contributed by atoms with E-state index in [9.17, 15) is 26.4 Å². The molecule has 0 aliphatic rings. The van der Waals surface area contributed by atoms with Gasteiger partial charge in [-0.3, -0.25) is 4.79 Å². The first kappa shape index (κ1) is 21.0. The molecule has 146 valence electrons. The molecule has 27 heavy (non-hydrogen) atoms. The summed E-state index contributed by atoms with van der Waals surface area (Å²) in [5.41, 5.74) is 0.239. The number of anilines is 1. The van der Waals surface area contributed by atoms with E-state index >= 15 is 0 Å². The van der Waals surface area contributed by atoms with Crippen LogP contribution in [0.3, 0.4) is 0 Å². The van der Waals surface area contributed by atoms with Gasteiger partial charge in [0.1, 0.15) is 10.6 Å². The van der Waals surface area contributed by atoms with Gasteiger partial charge in [0.05, 0.1) is 5.02 Å². The highest BCUT2D eigenvalue weighted by Crippen LogP contribution is 2.24. The molecule has 0 radical (unpaired) electrons. The fraction of sp³-hybridized carbons (Fsp3) is 0.188. The molecule has 0 heterocycles. The van der Waals surface area contributed by atoms with Crippen molar-refractivity contribution in [3.05, 3.63) is 53.6 Å². The van der Waals surface area contributed by atoms with Gasteiger partial charge >= 0.3 is 6.36 Å². The molecule has 1 amide bonds. The summed E-state index contributed by atoms with van der Waals surface area (Å²) in [6, 6.07) is 10.4. The van der Waals surface area contributed by atoms with Crippen LogP contribution in [0.2, 0.25) is 5.02 Å². The summed E-state index contributed by atoms with van der Waals surface area (Å²) < 4.78 is 66.4. The molecule has 11 heteroatoms. The number of carbonyl (C=O) groups excluding carboxylic acids is 1. The van der Waals surface area contributed by atoms with E-state index in [1.54, 1.807) is 6.07 Å². The van der Waals surface area contributed by atoms with Crippen molar-refractivity contribution in [2.24, 2.45) is 0 Å². The lowest BCUT2D eigenvalue weighted by atomic mass is 10.3. The number of nitrogens with one attached hydrogen (secondary N) is 2. The average molecular weight is 423 g/mol. The maximum absolute atomic E-state index is 12.1.